The van der Waals surface area contributed by atoms with Gasteiger partial charge in [0.1, 0.15) is 5.82 Å². The topological polar surface area (TPSA) is 60.2 Å². The third-order valence-corrected chi connectivity index (χ3v) is 3.83. The quantitative estimate of drug-likeness (QED) is 0.680. The highest BCUT2D eigenvalue weighted by Gasteiger charge is 2.13. The molecule has 118 valence electrons. The Labute approximate surface area is 134 Å². The zero-order chi connectivity index (χ0) is 17.0. The molecule has 1 amide bonds. The Bertz CT molecular complexity index is 777. The molecule has 2 aromatic rings. The highest BCUT2D eigenvalue weighted by atomic mass is 19.1. The molecule has 0 radical (unpaired) electrons. The summed E-state index contributed by atoms with van der Waals surface area (Å²) in [6, 6.07) is 9.45. The molecular weight excluding hydrogens is 293 g/mol. The third kappa shape index (κ3) is 4.13. The molecule has 2 N–H and O–H groups in total. The number of halogens is 1. The molecule has 0 unspecified atom stereocenters. The van der Waals surface area contributed by atoms with E-state index < -0.39 is 5.91 Å². The van der Waals surface area contributed by atoms with Gasteiger partial charge in [-0.3, -0.25) is 9.59 Å². The summed E-state index contributed by atoms with van der Waals surface area (Å²) in [6.07, 6.45) is 3.15. The van der Waals surface area contributed by atoms with Crippen molar-refractivity contribution in [2.45, 2.75) is 20.3 Å². The number of carbonyl (C=O) groups excluding carboxylic acids is 2. The van der Waals surface area contributed by atoms with E-state index in [4.69, 9.17) is 5.73 Å². The van der Waals surface area contributed by atoms with Crippen molar-refractivity contribution >= 4 is 17.8 Å². The lowest BCUT2D eigenvalue weighted by Crippen LogP contribution is -2.08. The van der Waals surface area contributed by atoms with Crippen LogP contribution in [0.4, 0.5) is 4.39 Å². The fourth-order valence-corrected chi connectivity index (χ4v) is 2.38. The fraction of sp³-hybridized carbons (Fsp3) is 0.158. The number of hydrogen-bond donors (Lipinski definition) is 1. The standard InChI is InChI=1S/C19H18FNO2/c1-12-13(2)17(9-5-15(12)6-10-19(21)23)18(22)11-14-3-7-16(20)8-4-14/h3-10H,11H2,1-2H3,(H2,21,23). The minimum absolute atomic E-state index is 0.0253. The van der Waals surface area contributed by atoms with Crippen LogP contribution < -0.4 is 5.73 Å². The van der Waals surface area contributed by atoms with E-state index >= 15 is 0 Å². The van der Waals surface area contributed by atoms with Gasteiger partial charge in [-0.2, -0.15) is 0 Å². The van der Waals surface area contributed by atoms with Gasteiger partial charge in [-0.05, 0) is 54.3 Å². The first-order valence-corrected chi connectivity index (χ1v) is 7.24. The second-order valence-corrected chi connectivity index (χ2v) is 5.41. The summed E-state index contributed by atoms with van der Waals surface area (Å²) in [5, 5.41) is 0. The Morgan fingerprint density at radius 2 is 1.70 bits per heavy atom. The highest BCUT2D eigenvalue weighted by Crippen LogP contribution is 2.21. The summed E-state index contributed by atoms with van der Waals surface area (Å²) in [5.74, 6) is -0.861. The second kappa shape index (κ2) is 7.01. The molecule has 0 aliphatic carbocycles. The van der Waals surface area contributed by atoms with Crippen molar-refractivity contribution < 1.29 is 14.0 Å². The number of Topliss-reactive ketones (excluding diaryl/α,β-unsaturated/α-hetero) is 1. The minimum Gasteiger partial charge on any atom is -0.366 e. The van der Waals surface area contributed by atoms with Gasteiger partial charge in [0.05, 0.1) is 0 Å². The number of benzene rings is 2. The lowest BCUT2D eigenvalue weighted by molar-refractivity contribution is -0.113. The van der Waals surface area contributed by atoms with Crippen LogP contribution in [0, 0.1) is 19.7 Å². The van der Waals surface area contributed by atoms with Crippen molar-refractivity contribution in [1.82, 2.24) is 0 Å². The van der Waals surface area contributed by atoms with Crippen LogP contribution in [0.15, 0.2) is 42.5 Å². The molecule has 23 heavy (non-hydrogen) atoms. The maximum absolute atomic E-state index is 12.9. The van der Waals surface area contributed by atoms with Gasteiger partial charge in [0.15, 0.2) is 5.78 Å². The SMILES string of the molecule is Cc1c(C=CC(N)=O)ccc(C(=O)Cc2ccc(F)cc2)c1C. The van der Waals surface area contributed by atoms with E-state index in [2.05, 4.69) is 0 Å². The zero-order valence-corrected chi connectivity index (χ0v) is 13.1. The van der Waals surface area contributed by atoms with Crippen LogP contribution in [0.2, 0.25) is 0 Å². The maximum atomic E-state index is 12.9. The van der Waals surface area contributed by atoms with Gasteiger partial charge >= 0.3 is 0 Å². The number of ketones is 1. The number of carbonyl (C=O) groups is 2. The lowest BCUT2D eigenvalue weighted by atomic mass is 9.93. The van der Waals surface area contributed by atoms with E-state index in [0.29, 0.717) is 5.56 Å². The number of nitrogens with two attached hydrogens (primary N) is 1. The van der Waals surface area contributed by atoms with E-state index in [0.717, 1.165) is 22.3 Å². The van der Waals surface area contributed by atoms with Crippen molar-refractivity contribution in [3.8, 4) is 0 Å². The molecule has 0 bridgehead atoms. The van der Waals surface area contributed by atoms with E-state index in [9.17, 15) is 14.0 Å². The smallest absolute Gasteiger partial charge is 0.241 e. The van der Waals surface area contributed by atoms with Gasteiger partial charge in [0.25, 0.3) is 0 Å². The summed E-state index contributed by atoms with van der Waals surface area (Å²) in [5.41, 5.74) is 9.13. The number of amides is 1. The van der Waals surface area contributed by atoms with Gasteiger partial charge in [-0.15, -0.1) is 0 Å². The molecule has 0 atom stereocenters. The van der Waals surface area contributed by atoms with Crippen molar-refractivity contribution in [3.63, 3.8) is 0 Å². The van der Waals surface area contributed by atoms with E-state index in [1.807, 2.05) is 13.8 Å². The van der Waals surface area contributed by atoms with Crippen molar-refractivity contribution in [1.29, 1.82) is 0 Å². The maximum Gasteiger partial charge on any atom is 0.241 e. The Hall–Kier alpha value is -2.75. The highest BCUT2D eigenvalue weighted by molar-refractivity contribution is 5.99. The van der Waals surface area contributed by atoms with E-state index in [-0.39, 0.29) is 18.0 Å². The van der Waals surface area contributed by atoms with Crippen LogP contribution in [0.25, 0.3) is 6.08 Å². The Balaban J connectivity index is 2.26. The van der Waals surface area contributed by atoms with Gasteiger partial charge < -0.3 is 5.73 Å². The Kier molecular flexibility index (Phi) is 5.06. The fourth-order valence-electron chi connectivity index (χ4n) is 2.38. The van der Waals surface area contributed by atoms with Crippen LogP contribution in [0.5, 0.6) is 0 Å². The Morgan fingerprint density at radius 1 is 1.04 bits per heavy atom. The van der Waals surface area contributed by atoms with Crippen LogP contribution in [-0.2, 0) is 11.2 Å². The molecule has 0 heterocycles. The number of primary amides is 1. The summed E-state index contributed by atoms with van der Waals surface area (Å²) < 4.78 is 12.9. The first-order valence-electron chi connectivity index (χ1n) is 7.24. The molecule has 0 aliphatic heterocycles. The van der Waals surface area contributed by atoms with Crippen molar-refractivity contribution in [2.24, 2.45) is 5.73 Å². The van der Waals surface area contributed by atoms with Crippen LogP contribution >= 0.6 is 0 Å². The largest absolute Gasteiger partial charge is 0.366 e. The summed E-state index contributed by atoms with van der Waals surface area (Å²) in [7, 11) is 0. The monoisotopic (exact) mass is 311 g/mol. The molecule has 0 aromatic heterocycles. The molecule has 4 heteroatoms. The van der Waals surface area contributed by atoms with E-state index in [1.54, 1.807) is 30.3 Å². The molecule has 3 nitrogen and oxygen atoms in total. The first-order chi connectivity index (χ1) is 10.9. The van der Waals surface area contributed by atoms with Crippen LogP contribution in [0.1, 0.15) is 32.6 Å². The molecule has 0 saturated heterocycles. The van der Waals surface area contributed by atoms with E-state index in [1.165, 1.54) is 18.2 Å². The predicted molar refractivity (Wildman–Crippen MR) is 88.6 cm³/mol. The van der Waals surface area contributed by atoms with Crippen molar-refractivity contribution in [2.75, 3.05) is 0 Å². The van der Waals surface area contributed by atoms with Gasteiger partial charge in [-0.1, -0.05) is 24.3 Å². The van der Waals surface area contributed by atoms with Gasteiger partial charge in [0, 0.05) is 18.1 Å². The minimum atomic E-state index is -0.515. The second-order valence-electron chi connectivity index (χ2n) is 5.41. The average molecular weight is 311 g/mol. The molecule has 0 saturated carbocycles. The van der Waals surface area contributed by atoms with Crippen LogP contribution in [0.3, 0.4) is 0 Å². The first kappa shape index (κ1) is 16.6. The average Bonchev–Trinajstić information content (AvgIpc) is 2.50. The Morgan fingerprint density at radius 3 is 2.30 bits per heavy atom. The number of hydrogen-bond acceptors (Lipinski definition) is 2. The van der Waals surface area contributed by atoms with Gasteiger partial charge in [0.2, 0.25) is 5.91 Å². The molecule has 0 fully saturated rings. The van der Waals surface area contributed by atoms with Crippen molar-refractivity contribution in [3.05, 3.63) is 76.1 Å². The van der Waals surface area contributed by atoms with Gasteiger partial charge in [-0.25, -0.2) is 4.39 Å². The molecule has 2 rings (SSSR count). The molecular formula is C19H18FNO2. The normalized spacial score (nSPS) is 10.9. The summed E-state index contributed by atoms with van der Waals surface area (Å²) in [4.78, 5) is 23.3. The molecule has 0 spiro atoms. The third-order valence-electron chi connectivity index (χ3n) is 3.83. The number of rotatable bonds is 5. The summed E-state index contributed by atoms with van der Waals surface area (Å²) in [6.45, 7) is 3.76. The summed E-state index contributed by atoms with van der Waals surface area (Å²) >= 11 is 0. The predicted octanol–water partition coefficient (Wildman–Crippen LogP) is 3.37. The zero-order valence-electron chi connectivity index (χ0n) is 13.1. The van der Waals surface area contributed by atoms with Crippen LogP contribution in [-0.4, -0.2) is 11.7 Å². The molecule has 0 aliphatic rings. The molecule has 2 aromatic carbocycles. The lowest BCUT2D eigenvalue weighted by Gasteiger charge is -2.11.